The summed E-state index contributed by atoms with van der Waals surface area (Å²) in [6.07, 6.45) is 0. The van der Waals surface area contributed by atoms with E-state index in [0.29, 0.717) is 18.0 Å². The van der Waals surface area contributed by atoms with Crippen molar-refractivity contribution in [2.24, 2.45) is 5.73 Å². The third kappa shape index (κ3) is 2.89. The Morgan fingerprint density at radius 3 is 2.67 bits per heavy atom. The first-order chi connectivity index (χ1) is 8.60. The van der Waals surface area contributed by atoms with Crippen LogP contribution >= 0.6 is 15.9 Å². The Kier molecular flexibility index (Phi) is 3.99. The molecule has 0 aliphatic carbocycles. The number of rotatable bonds is 3. The molecule has 0 heterocycles. The van der Waals surface area contributed by atoms with Crippen molar-refractivity contribution in [1.82, 2.24) is 0 Å². The van der Waals surface area contributed by atoms with Gasteiger partial charge in [0.25, 0.3) is 0 Å². The fraction of sp³-hybridized carbons (Fsp3) is 0.143. The summed E-state index contributed by atoms with van der Waals surface area (Å²) in [5, 5.41) is 0. The van der Waals surface area contributed by atoms with E-state index in [1.807, 2.05) is 25.1 Å². The largest absolute Gasteiger partial charge is 0.457 e. The summed E-state index contributed by atoms with van der Waals surface area (Å²) in [5.41, 5.74) is 7.46. The van der Waals surface area contributed by atoms with Crippen LogP contribution in [0.25, 0.3) is 0 Å². The molecule has 0 saturated carbocycles. The number of halogens is 2. The van der Waals surface area contributed by atoms with Gasteiger partial charge in [-0.15, -0.1) is 0 Å². The molecule has 0 aromatic heterocycles. The highest BCUT2D eigenvalue weighted by atomic mass is 79.9. The molecule has 2 aromatic rings. The lowest BCUT2D eigenvalue weighted by atomic mass is 10.2. The predicted molar refractivity (Wildman–Crippen MR) is 73.2 cm³/mol. The molecule has 2 aromatic carbocycles. The summed E-state index contributed by atoms with van der Waals surface area (Å²) >= 11 is 3.42. The lowest BCUT2D eigenvalue weighted by molar-refractivity contribution is 0.472. The van der Waals surface area contributed by atoms with Crippen molar-refractivity contribution in [3.8, 4) is 11.5 Å². The summed E-state index contributed by atoms with van der Waals surface area (Å²) in [6.45, 7) is 2.33. The molecule has 0 fully saturated rings. The quantitative estimate of drug-likeness (QED) is 0.924. The van der Waals surface area contributed by atoms with Crippen molar-refractivity contribution in [1.29, 1.82) is 0 Å². The van der Waals surface area contributed by atoms with Gasteiger partial charge in [0.05, 0.1) is 0 Å². The number of hydrogen-bond donors (Lipinski definition) is 1. The van der Waals surface area contributed by atoms with Crippen LogP contribution in [0.4, 0.5) is 4.39 Å². The van der Waals surface area contributed by atoms with Crippen LogP contribution in [0.15, 0.2) is 40.9 Å². The van der Waals surface area contributed by atoms with Gasteiger partial charge in [-0.1, -0.05) is 28.1 Å². The van der Waals surface area contributed by atoms with Crippen molar-refractivity contribution in [3.63, 3.8) is 0 Å². The summed E-state index contributed by atoms with van der Waals surface area (Å²) in [5.74, 6) is 0.850. The molecule has 0 amide bonds. The van der Waals surface area contributed by atoms with Crippen LogP contribution in [0, 0.1) is 12.7 Å². The maximum atomic E-state index is 13.1. The lowest BCUT2D eigenvalue weighted by Gasteiger charge is -2.10. The number of hydrogen-bond acceptors (Lipinski definition) is 2. The van der Waals surface area contributed by atoms with E-state index in [1.165, 1.54) is 12.1 Å². The molecule has 0 spiro atoms. The zero-order chi connectivity index (χ0) is 13.1. The van der Waals surface area contributed by atoms with Gasteiger partial charge in [0.2, 0.25) is 0 Å². The predicted octanol–water partition coefficient (Wildman–Crippen LogP) is 4.15. The number of ether oxygens (including phenoxy) is 1. The molecule has 2 N–H and O–H groups in total. The molecule has 2 nitrogen and oxygen atoms in total. The highest BCUT2D eigenvalue weighted by Gasteiger charge is 2.05. The topological polar surface area (TPSA) is 35.2 Å². The van der Waals surface area contributed by atoms with Crippen molar-refractivity contribution >= 4 is 15.9 Å². The summed E-state index contributed by atoms with van der Waals surface area (Å²) in [6, 6.07) is 10.0. The summed E-state index contributed by atoms with van der Waals surface area (Å²) < 4.78 is 19.7. The number of aryl methyl sites for hydroxylation is 1. The molecule has 94 valence electrons. The van der Waals surface area contributed by atoms with Crippen LogP contribution in [0.2, 0.25) is 0 Å². The highest BCUT2D eigenvalue weighted by molar-refractivity contribution is 9.10. The average Bonchev–Trinajstić information content (AvgIpc) is 2.34. The van der Waals surface area contributed by atoms with E-state index in [0.717, 1.165) is 15.6 Å². The Bertz CT molecular complexity index is 572. The van der Waals surface area contributed by atoms with E-state index in [9.17, 15) is 4.39 Å². The zero-order valence-electron chi connectivity index (χ0n) is 9.91. The first-order valence-electron chi connectivity index (χ1n) is 5.52. The molecule has 0 aliphatic heterocycles. The molecule has 2 rings (SSSR count). The minimum Gasteiger partial charge on any atom is -0.457 e. The van der Waals surface area contributed by atoms with E-state index in [-0.39, 0.29) is 5.82 Å². The smallest absolute Gasteiger partial charge is 0.133 e. The molecule has 0 unspecified atom stereocenters. The van der Waals surface area contributed by atoms with Crippen LogP contribution in [0.3, 0.4) is 0 Å². The van der Waals surface area contributed by atoms with Crippen molar-refractivity contribution < 1.29 is 9.13 Å². The summed E-state index contributed by atoms with van der Waals surface area (Å²) in [7, 11) is 0. The van der Waals surface area contributed by atoms with Gasteiger partial charge >= 0.3 is 0 Å². The molecule has 0 aliphatic rings. The minimum atomic E-state index is -0.312. The fourth-order valence-corrected chi connectivity index (χ4v) is 2.09. The Labute approximate surface area is 114 Å². The third-order valence-electron chi connectivity index (χ3n) is 2.62. The maximum Gasteiger partial charge on any atom is 0.133 e. The highest BCUT2D eigenvalue weighted by Crippen LogP contribution is 2.29. The van der Waals surface area contributed by atoms with Gasteiger partial charge in [0, 0.05) is 17.1 Å². The van der Waals surface area contributed by atoms with E-state index < -0.39 is 0 Å². The lowest BCUT2D eigenvalue weighted by Crippen LogP contribution is -1.97. The van der Waals surface area contributed by atoms with Crippen LogP contribution in [-0.4, -0.2) is 0 Å². The van der Waals surface area contributed by atoms with Gasteiger partial charge in [-0.05, 0) is 36.2 Å². The second-order valence-electron chi connectivity index (χ2n) is 3.97. The van der Waals surface area contributed by atoms with E-state index in [1.54, 1.807) is 6.07 Å². The van der Waals surface area contributed by atoms with Crippen LogP contribution in [-0.2, 0) is 6.54 Å². The number of benzene rings is 2. The zero-order valence-corrected chi connectivity index (χ0v) is 11.5. The van der Waals surface area contributed by atoms with Crippen molar-refractivity contribution in [2.45, 2.75) is 13.5 Å². The monoisotopic (exact) mass is 309 g/mol. The third-order valence-corrected chi connectivity index (χ3v) is 3.36. The maximum absolute atomic E-state index is 13.1. The molecule has 0 atom stereocenters. The minimum absolute atomic E-state index is 0.312. The van der Waals surface area contributed by atoms with Crippen molar-refractivity contribution in [3.05, 3.63) is 57.8 Å². The normalized spacial score (nSPS) is 10.4. The molecular weight excluding hydrogens is 297 g/mol. The molecule has 18 heavy (non-hydrogen) atoms. The molecule has 0 saturated heterocycles. The second-order valence-corrected chi connectivity index (χ2v) is 4.82. The Morgan fingerprint density at radius 2 is 2.00 bits per heavy atom. The van der Waals surface area contributed by atoms with Crippen LogP contribution in [0.1, 0.15) is 11.1 Å². The fourth-order valence-electron chi connectivity index (χ4n) is 1.57. The summed E-state index contributed by atoms with van der Waals surface area (Å²) in [4.78, 5) is 0. The second kappa shape index (κ2) is 5.50. The Balaban J connectivity index is 2.28. The van der Waals surface area contributed by atoms with Gasteiger partial charge < -0.3 is 10.5 Å². The van der Waals surface area contributed by atoms with E-state index >= 15 is 0 Å². The molecular formula is C14H13BrFNO. The number of nitrogens with two attached hydrogens (primary N) is 1. The Hall–Kier alpha value is -1.39. The standard InChI is InChI=1S/C14H13BrFNO/c1-9-2-4-11(16)6-14(9)18-12-5-3-10(8-17)13(15)7-12/h2-7H,8,17H2,1H3. The molecule has 0 bridgehead atoms. The van der Waals surface area contributed by atoms with E-state index in [4.69, 9.17) is 10.5 Å². The van der Waals surface area contributed by atoms with Crippen LogP contribution in [0.5, 0.6) is 11.5 Å². The Morgan fingerprint density at radius 1 is 1.22 bits per heavy atom. The van der Waals surface area contributed by atoms with Gasteiger partial charge in [-0.25, -0.2) is 4.39 Å². The molecule has 0 radical (unpaired) electrons. The van der Waals surface area contributed by atoms with Gasteiger partial charge in [0.1, 0.15) is 17.3 Å². The molecule has 4 heteroatoms. The van der Waals surface area contributed by atoms with Gasteiger partial charge in [0.15, 0.2) is 0 Å². The average molecular weight is 310 g/mol. The van der Waals surface area contributed by atoms with E-state index in [2.05, 4.69) is 15.9 Å². The van der Waals surface area contributed by atoms with Crippen molar-refractivity contribution in [2.75, 3.05) is 0 Å². The SMILES string of the molecule is Cc1ccc(F)cc1Oc1ccc(CN)c(Br)c1. The van der Waals surface area contributed by atoms with Crippen LogP contribution < -0.4 is 10.5 Å². The first-order valence-corrected chi connectivity index (χ1v) is 6.32. The van der Waals surface area contributed by atoms with Gasteiger partial charge in [-0.2, -0.15) is 0 Å². The first kappa shape index (κ1) is 13.1. The van der Waals surface area contributed by atoms with Gasteiger partial charge in [-0.3, -0.25) is 0 Å².